The van der Waals surface area contributed by atoms with Crippen LogP contribution in [0.1, 0.15) is 16.9 Å². The molecular weight excluding hydrogens is 422 g/mol. The van der Waals surface area contributed by atoms with Gasteiger partial charge in [0, 0.05) is 19.2 Å². The fraction of sp³-hybridized carbons (Fsp3) is 0.160. The first-order valence-electron chi connectivity index (χ1n) is 10.4. The minimum atomic E-state index is -0.241. The molecule has 0 spiro atoms. The van der Waals surface area contributed by atoms with Crippen LogP contribution in [0.25, 0.3) is 6.08 Å². The topological polar surface area (TPSA) is 66.1 Å². The number of nitrogens with zero attached hydrogens (tertiary/aromatic N) is 3. The second-order valence-corrected chi connectivity index (χ2v) is 8.48. The van der Waals surface area contributed by atoms with Crippen molar-refractivity contribution in [2.45, 2.75) is 13.0 Å². The van der Waals surface area contributed by atoms with Crippen molar-refractivity contribution in [2.24, 2.45) is 4.99 Å². The highest BCUT2D eigenvalue weighted by Gasteiger charge is 2.33. The van der Waals surface area contributed by atoms with Gasteiger partial charge in [-0.1, -0.05) is 54.2 Å². The Hall–Kier alpha value is -3.58. The van der Waals surface area contributed by atoms with Gasteiger partial charge in [0.1, 0.15) is 11.5 Å². The van der Waals surface area contributed by atoms with E-state index < -0.39 is 0 Å². The van der Waals surface area contributed by atoms with Crippen LogP contribution in [0, 0.1) is 0 Å². The Morgan fingerprint density at radius 2 is 1.81 bits per heavy atom. The first-order valence-corrected chi connectivity index (χ1v) is 11.4. The van der Waals surface area contributed by atoms with E-state index in [2.05, 4.69) is 17.1 Å². The lowest BCUT2D eigenvalue weighted by atomic mass is 10.00. The first-order chi connectivity index (χ1) is 15.7. The average molecular weight is 444 g/mol. The number of carbonyl (C=O) groups is 2. The van der Waals surface area contributed by atoms with Gasteiger partial charge in [-0.3, -0.25) is 14.5 Å². The van der Waals surface area contributed by atoms with E-state index in [4.69, 9.17) is 4.42 Å². The molecule has 0 unspecified atom stereocenters. The number of rotatable bonds is 4. The average Bonchev–Trinajstić information content (AvgIpc) is 3.46. The maximum atomic E-state index is 13.1. The molecule has 2 aliphatic rings. The quantitative estimate of drug-likeness (QED) is 0.563. The molecule has 3 aromatic rings. The molecule has 0 bridgehead atoms. The van der Waals surface area contributed by atoms with E-state index >= 15 is 0 Å². The predicted octanol–water partition coefficient (Wildman–Crippen LogP) is 4.34. The third-order valence-corrected chi connectivity index (χ3v) is 6.40. The van der Waals surface area contributed by atoms with Crippen LogP contribution in [0.5, 0.6) is 0 Å². The second-order valence-electron chi connectivity index (χ2n) is 7.54. The second kappa shape index (κ2) is 8.88. The Kier molecular flexibility index (Phi) is 5.64. The number of fused-ring (bicyclic) bond motifs is 1. The van der Waals surface area contributed by atoms with Gasteiger partial charge < -0.3 is 9.32 Å². The number of amidine groups is 1. The number of amides is 2. The minimum absolute atomic E-state index is 0.0381. The summed E-state index contributed by atoms with van der Waals surface area (Å²) in [6.07, 6.45) is 4.03. The maximum absolute atomic E-state index is 13.1. The SMILES string of the molecule is O=C(CSC1=N/C(=C/c2ccco2)C(=O)N1c1ccccc1)N1CCc2ccccc2C1. The number of furan rings is 1. The third kappa shape index (κ3) is 4.11. The van der Waals surface area contributed by atoms with E-state index in [9.17, 15) is 9.59 Å². The van der Waals surface area contributed by atoms with Gasteiger partial charge in [0.15, 0.2) is 5.17 Å². The highest BCUT2D eigenvalue weighted by molar-refractivity contribution is 8.14. The number of aliphatic imine (C=N–C) groups is 1. The molecule has 5 rings (SSSR count). The standard InChI is InChI=1S/C25H21N3O3S/c29-23(27-13-12-18-7-4-5-8-19(18)16-27)17-32-25-26-22(15-21-11-6-14-31-21)24(30)28(25)20-9-2-1-3-10-20/h1-11,14-15H,12-13,16-17H2/b22-15+. The van der Waals surface area contributed by atoms with Gasteiger partial charge in [0.05, 0.1) is 17.7 Å². The van der Waals surface area contributed by atoms with Crippen molar-refractivity contribution >= 4 is 40.5 Å². The van der Waals surface area contributed by atoms with Gasteiger partial charge in [-0.2, -0.15) is 0 Å². The van der Waals surface area contributed by atoms with Crippen molar-refractivity contribution in [3.05, 3.63) is 95.6 Å². The van der Waals surface area contributed by atoms with Crippen LogP contribution in [-0.2, 0) is 22.6 Å². The zero-order valence-corrected chi connectivity index (χ0v) is 18.1. The number of hydrogen-bond donors (Lipinski definition) is 0. The Balaban J connectivity index is 1.34. The maximum Gasteiger partial charge on any atom is 0.283 e. The van der Waals surface area contributed by atoms with Gasteiger partial charge >= 0.3 is 0 Å². The summed E-state index contributed by atoms with van der Waals surface area (Å²) in [6.45, 7) is 1.32. The summed E-state index contributed by atoms with van der Waals surface area (Å²) in [5.41, 5.74) is 3.49. The van der Waals surface area contributed by atoms with Crippen LogP contribution in [0.3, 0.4) is 0 Å². The number of benzene rings is 2. The molecule has 7 heteroatoms. The summed E-state index contributed by atoms with van der Waals surface area (Å²) in [4.78, 5) is 34.0. The molecule has 0 saturated heterocycles. The molecule has 0 radical (unpaired) electrons. The van der Waals surface area contributed by atoms with Crippen molar-refractivity contribution in [1.82, 2.24) is 4.90 Å². The van der Waals surface area contributed by atoms with Crippen molar-refractivity contribution < 1.29 is 14.0 Å². The van der Waals surface area contributed by atoms with Gasteiger partial charge in [-0.25, -0.2) is 4.99 Å². The van der Waals surface area contributed by atoms with Crippen LogP contribution >= 0.6 is 11.8 Å². The lowest BCUT2D eigenvalue weighted by molar-refractivity contribution is -0.129. The molecule has 160 valence electrons. The Morgan fingerprint density at radius 3 is 2.59 bits per heavy atom. The summed E-state index contributed by atoms with van der Waals surface area (Å²) in [7, 11) is 0. The lowest BCUT2D eigenvalue weighted by Crippen LogP contribution is -2.38. The monoisotopic (exact) mass is 443 g/mol. The highest BCUT2D eigenvalue weighted by atomic mass is 32.2. The molecule has 0 aliphatic carbocycles. The number of hydrogen-bond acceptors (Lipinski definition) is 5. The summed E-state index contributed by atoms with van der Waals surface area (Å²) in [5.74, 6) is 0.566. The Morgan fingerprint density at radius 1 is 1.03 bits per heavy atom. The number of para-hydroxylation sites is 1. The van der Waals surface area contributed by atoms with Crippen molar-refractivity contribution in [1.29, 1.82) is 0 Å². The molecule has 0 fully saturated rings. The third-order valence-electron chi connectivity index (χ3n) is 5.47. The summed E-state index contributed by atoms with van der Waals surface area (Å²) < 4.78 is 5.34. The fourth-order valence-electron chi connectivity index (χ4n) is 3.83. The molecule has 6 nitrogen and oxygen atoms in total. The molecule has 0 saturated carbocycles. The molecule has 1 aromatic heterocycles. The van der Waals surface area contributed by atoms with Crippen LogP contribution in [0.4, 0.5) is 5.69 Å². The van der Waals surface area contributed by atoms with Gasteiger partial charge in [0.2, 0.25) is 5.91 Å². The molecule has 2 aromatic carbocycles. The zero-order valence-electron chi connectivity index (χ0n) is 17.3. The molecule has 2 amide bonds. The summed E-state index contributed by atoms with van der Waals surface area (Å²) in [5, 5.41) is 0.491. The number of thioether (sulfide) groups is 1. The summed E-state index contributed by atoms with van der Waals surface area (Å²) >= 11 is 1.28. The van der Waals surface area contributed by atoms with E-state index in [1.54, 1.807) is 29.4 Å². The van der Waals surface area contributed by atoms with E-state index in [1.165, 1.54) is 22.9 Å². The molecule has 0 atom stereocenters. The van der Waals surface area contributed by atoms with E-state index in [0.29, 0.717) is 29.7 Å². The van der Waals surface area contributed by atoms with E-state index in [-0.39, 0.29) is 23.3 Å². The van der Waals surface area contributed by atoms with Crippen LogP contribution in [0.15, 0.2) is 88.1 Å². The largest absolute Gasteiger partial charge is 0.465 e. The Bertz CT molecular complexity index is 1200. The van der Waals surface area contributed by atoms with Gasteiger partial charge in [0.25, 0.3) is 5.91 Å². The summed E-state index contributed by atoms with van der Waals surface area (Å²) in [6, 6.07) is 21.1. The minimum Gasteiger partial charge on any atom is -0.465 e. The van der Waals surface area contributed by atoms with Gasteiger partial charge in [-0.15, -0.1) is 0 Å². The molecule has 32 heavy (non-hydrogen) atoms. The van der Waals surface area contributed by atoms with Crippen LogP contribution in [0.2, 0.25) is 0 Å². The van der Waals surface area contributed by atoms with Crippen molar-refractivity contribution in [3.63, 3.8) is 0 Å². The lowest BCUT2D eigenvalue weighted by Gasteiger charge is -2.29. The van der Waals surface area contributed by atoms with E-state index in [1.807, 2.05) is 47.4 Å². The number of carbonyl (C=O) groups excluding carboxylic acids is 2. The van der Waals surface area contributed by atoms with Crippen LogP contribution < -0.4 is 4.90 Å². The van der Waals surface area contributed by atoms with E-state index in [0.717, 1.165) is 6.42 Å². The van der Waals surface area contributed by atoms with Crippen LogP contribution in [-0.4, -0.2) is 34.2 Å². The number of anilines is 1. The molecular formula is C25H21N3O3S. The molecule has 2 aliphatic heterocycles. The normalized spacial score (nSPS) is 16.9. The zero-order chi connectivity index (χ0) is 21.9. The highest BCUT2D eigenvalue weighted by Crippen LogP contribution is 2.30. The Labute approximate surface area is 190 Å². The fourth-order valence-corrected chi connectivity index (χ4v) is 4.75. The molecule has 3 heterocycles. The predicted molar refractivity (Wildman–Crippen MR) is 126 cm³/mol. The van der Waals surface area contributed by atoms with Crippen molar-refractivity contribution in [2.75, 3.05) is 17.2 Å². The smallest absolute Gasteiger partial charge is 0.283 e. The first kappa shape index (κ1) is 20.3. The van der Waals surface area contributed by atoms with Crippen molar-refractivity contribution in [3.8, 4) is 0 Å². The molecule has 0 N–H and O–H groups in total. The van der Waals surface area contributed by atoms with Gasteiger partial charge in [-0.05, 0) is 41.8 Å².